The van der Waals surface area contributed by atoms with Gasteiger partial charge in [0.1, 0.15) is 4.21 Å². The molecule has 0 spiro atoms. The van der Waals surface area contributed by atoms with E-state index in [-0.39, 0.29) is 24.8 Å². The summed E-state index contributed by atoms with van der Waals surface area (Å²) in [6.07, 6.45) is 1.58. The molecular formula is C21H15Cl3N4O4S2. The number of hydrogen-bond acceptors (Lipinski definition) is 6. The van der Waals surface area contributed by atoms with Crippen molar-refractivity contribution in [3.63, 3.8) is 0 Å². The molecule has 0 aliphatic rings. The lowest BCUT2D eigenvalue weighted by molar-refractivity contribution is 0.256. The number of sulfonamides is 1. The SMILES string of the molecule is CNc1cc2ccn(-c3ccc(NC(=O)NS(=O)(=O)c4ccc(Cl)s4)cc3Cl)c(=O)c2cc1Cl. The van der Waals surface area contributed by atoms with Gasteiger partial charge in [-0.05, 0) is 53.9 Å². The van der Waals surface area contributed by atoms with Crippen LogP contribution in [-0.2, 0) is 10.0 Å². The summed E-state index contributed by atoms with van der Waals surface area (Å²) < 4.78 is 28.0. The summed E-state index contributed by atoms with van der Waals surface area (Å²) in [5.41, 5.74) is 0.959. The van der Waals surface area contributed by atoms with Crippen LogP contribution in [0.3, 0.4) is 0 Å². The molecule has 0 bridgehead atoms. The number of aromatic nitrogens is 1. The first-order valence-electron chi connectivity index (χ1n) is 9.51. The topological polar surface area (TPSA) is 109 Å². The Labute approximate surface area is 213 Å². The van der Waals surface area contributed by atoms with Gasteiger partial charge in [-0.3, -0.25) is 9.36 Å². The van der Waals surface area contributed by atoms with E-state index in [1.54, 1.807) is 31.4 Å². The summed E-state index contributed by atoms with van der Waals surface area (Å²) in [7, 11) is -2.34. The molecule has 0 aliphatic heterocycles. The van der Waals surface area contributed by atoms with Crippen LogP contribution in [0, 0.1) is 0 Å². The molecule has 0 aliphatic carbocycles. The maximum absolute atomic E-state index is 13.1. The van der Waals surface area contributed by atoms with Gasteiger partial charge in [0.15, 0.2) is 0 Å². The number of fused-ring (bicyclic) bond motifs is 1. The molecule has 4 aromatic rings. The molecule has 0 saturated heterocycles. The van der Waals surface area contributed by atoms with Crippen molar-refractivity contribution < 1.29 is 13.2 Å². The lowest BCUT2D eigenvalue weighted by atomic mass is 10.1. The molecule has 2 heterocycles. The average molecular weight is 558 g/mol. The molecule has 3 N–H and O–H groups in total. The molecule has 0 unspecified atom stereocenters. The Balaban J connectivity index is 1.59. The minimum absolute atomic E-state index is 0.0985. The van der Waals surface area contributed by atoms with Crippen molar-refractivity contribution >= 4 is 84.3 Å². The molecule has 176 valence electrons. The van der Waals surface area contributed by atoms with Gasteiger partial charge in [0.2, 0.25) is 0 Å². The molecule has 2 aromatic heterocycles. The van der Waals surface area contributed by atoms with Crippen LogP contribution in [0.15, 0.2) is 63.7 Å². The average Bonchev–Trinajstić information content (AvgIpc) is 3.22. The van der Waals surface area contributed by atoms with Gasteiger partial charge >= 0.3 is 6.03 Å². The highest BCUT2D eigenvalue weighted by Gasteiger charge is 2.20. The third-order valence-electron chi connectivity index (χ3n) is 4.77. The fraction of sp³-hybridized carbons (Fsp3) is 0.0476. The molecule has 0 saturated carbocycles. The Morgan fingerprint density at radius 2 is 1.76 bits per heavy atom. The number of benzene rings is 2. The summed E-state index contributed by atoms with van der Waals surface area (Å²) in [4.78, 5) is 25.3. The largest absolute Gasteiger partial charge is 0.387 e. The first-order chi connectivity index (χ1) is 16.1. The number of pyridine rings is 1. The van der Waals surface area contributed by atoms with Gasteiger partial charge in [-0.25, -0.2) is 17.9 Å². The van der Waals surface area contributed by atoms with Crippen LogP contribution in [-0.4, -0.2) is 26.1 Å². The van der Waals surface area contributed by atoms with Gasteiger partial charge in [-0.15, -0.1) is 11.3 Å². The van der Waals surface area contributed by atoms with E-state index in [4.69, 9.17) is 34.8 Å². The van der Waals surface area contributed by atoms with Crippen molar-refractivity contribution in [1.29, 1.82) is 0 Å². The molecule has 8 nitrogen and oxygen atoms in total. The second-order valence-electron chi connectivity index (χ2n) is 6.94. The van der Waals surface area contributed by atoms with Crippen LogP contribution in [0.5, 0.6) is 0 Å². The zero-order valence-electron chi connectivity index (χ0n) is 17.2. The molecule has 4 rings (SSSR count). The highest BCUT2D eigenvalue weighted by molar-refractivity contribution is 7.92. The van der Waals surface area contributed by atoms with Crippen molar-refractivity contribution in [2.75, 3.05) is 17.7 Å². The number of anilines is 2. The molecule has 34 heavy (non-hydrogen) atoms. The van der Waals surface area contributed by atoms with Crippen molar-refractivity contribution in [2.24, 2.45) is 0 Å². The Morgan fingerprint density at radius 1 is 1.00 bits per heavy atom. The molecular weight excluding hydrogens is 543 g/mol. The fourth-order valence-corrected chi connectivity index (χ4v) is 6.12. The predicted molar refractivity (Wildman–Crippen MR) is 138 cm³/mol. The van der Waals surface area contributed by atoms with Gasteiger partial charge in [-0.1, -0.05) is 34.8 Å². The maximum Gasteiger partial charge on any atom is 0.333 e. The molecule has 0 atom stereocenters. The van der Waals surface area contributed by atoms with Crippen LogP contribution < -0.4 is 20.9 Å². The van der Waals surface area contributed by atoms with Crippen LogP contribution in [0.2, 0.25) is 14.4 Å². The molecule has 2 aromatic carbocycles. The first-order valence-corrected chi connectivity index (χ1v) is 12.9. The van der Waals surface area contributed by atoms with Crippen LogP contribution in [0.1, 0.15) is 0 Å². The van der Waals surface area contributed by atoms with E-state index in [1.165, 1.54) is 34.9 Å². The number of carbonyl (C=O) groups is 1. The zero-order chi connectivity index (χ0) is 24.6. The first kappa shape index (κ1) is 24.4. The van der Waals surface area contributed by atoms with E-state index in [0.717, 1.165) is 11.3 Å². The van der Waals surface area contributed by atoms with Crippen molar-refractivity contribution in [3.05, 3.63) is 79.5 Å². The number of rotatable bonds is 5. The molecule has 0 fully saturated rings. The van der Waals surface area contributed by atoms with E-state index in [9.17, 15) is 18.0 Å². The second-order valence-corrected chi connectivity index (χ2v) is 11.4. The maximum atomic E-state index is 13.1. The quantitative estimate of drug-likeness (QED) is 0.297. The van der Waals surface area contributed by atoms with E-state index in [1.807, 2.05) is 4.72 Å². The fourth-order valence-electron chi connectivity index (χ4n) is 3.20. The second kappa shape index (κ2) is 9.47. The smallest absolute Gasteiger partial charge is 0.333 e. The third kappa shape index (κ3) is 4.86. The van der Waals surface area contributed by atoms with Gasteiger partial charge in [0, 0.05) is 24.3 Å². The lowest BCUT2D eigenvalue weighted by Gasteiger charge is -2.13. The Kier molecular flexibility index (Phi) is 6.79. The number of nitrogens with one attached hydrogen (secondary N) is 3. The minimum Gasteiger partial charge on any atom is -0.387 e. The standard InChI is InChI=1S/C21H15Cl3N4O4S2/c1-25-16-8-11-6-7-28(20(29)13(11)10-14(16)22)17-3-2-12(9-15(17)23)26-21(30)27-34(31,32)19-5-4-18(24)33-19/h2-10,25H,1H3,(H2,26,27,30). The van der Waals surface area contributed by atoms with E-state index < -0.39 is 16.1 Å². The van der Waals surface area contributed by atoms with Gasteiger partial charge in [0.05, 0.1) is 25.8 Å². The highest BCUT2D eigenvalue weighted by atomic mass is 35.5. The van der Waals surface area contributed by atoms with Crippen molar-refractivity contribution in [3.8, 4) is 5.69 Å². The summed E-state index contributed by atoms with van der Waals surface area (Å²) in [5, 5.41) is 7.04. The van der Waals surface area contributed by atoms with E-state index >= 15 is 0 Å². The van der Waals surface area contributed by atoms with E-state index in [0.29, 0.717) is 27.2 Å². The molecule has 2 amide bonds. The third-order valence-corrected chi connectivity index (χ3v) is 8.44. The summed E-state index contributed by atoms with van der Waals surface area (Å²) in [6, 6.07) is 11.3. The number of halogens is 3. The van der Waals surface area contributed by atoms with E-state index in [2.05, 4.69) is 10.6 Å². The molecule has 0 radical (unpaired) electrons. The number of thiophene rings is 1. The Hall–Kier alpha value is -2.76. The van der Waals surface area contributed by atoms with Gasteiger partial charge < -0.3 is 10.6 Å². The number of amides is 2. The van der Waals surface area contributed by atoms with Crippen molar-refractivity contribution in [1.82, 2.24) is 9.29 Å². The summed E-state index contributed by atoms with van der Waals surface area (Å²) in [5.74, 6) is 0. The van der Waals surface area contributed by atoms with Crippen LogP contribution in [0.4, 0.5) is 16.2 Å². The highest BCUT2D eigenvalue weighted by Crippen LogP contribution is 2.29. The van der Waals surface area contributed by atoms with Gasteiger partial charge in [-0.2, -0.15) is 0 Å². The predicted octanol–water partition coefficient (Wildman–Crippen LogP) is 5.56. The Bertz CT molecular complexity index is 1600. The van der Waals surface area contributed by atoms with Gasteiger partial charge in [0.25, 0.3) is 15.6 Å². The van der Waals surface area contributed by atoms with Crippen LogP contribution in [0.25, 0.3) is 16.5 Å². The number of carbonyl (C=O) groups excluding carboxylic acids is 1. The monoisotopic (exact) mass is 556 g/mol. The number of urea groups is 1. The number of hydrogen-bond donors (Lipinski definition) is 3. The van der Waals surface area contributed by atoms with Crippen molar-refractivity contribution in [2.45, 2.75) is 4.21 Å². The van der Waals surface area contributed by atoms with Crippen LogP contribution >= 0.6 is 46.1 Å². The minimum atomic E-state index is -4.08. The normalized spacial score (nSPS) is 11.4. The lowest BCUT2D eigenvalue weighted by Crippen LogP contribution is -2.33. The molecule has 13 heteroatoms. The summed E-state index contributed by atoms with van der Waals surface area (Å²) in [6.45, 7) is 0. The summed E-state index contributed by atoms with van der Waals surface area (Å²) >= 11 is 19.2. The zero-order valence-corrected chi connectivity index (χ0v) is 21.1. The number of nitrogens with zero attached hydrogens (tertiary/aromatic N) is 1. The Morgan fingerprint density at radius 3 is 2.41 bits per heavy atom.